The van der Waals surface area contributed by atoms with Gasteiger partial charge in [-0.1, -0.05) is 35.9 Å². The van der Waals surface area contributed by atoms with Crippen molar-refractivity contribution in [2.45, 2.75) is 19.5 Å². The lowest BCUT2D eigenvalue weighted by Crippen LogP contribution is -2.49. The van der Waals surface area contributed by atoms with Crippen molar-refractivity contribution >= 4 is 16.6 Å². The summed E-state index contributed by atoms with van der Waals surface area (Å²) >= 11 is 0. The van der Waals surface area contributed by atoms with Gasteiger partial charge in [0, 0.05) is 37.3 Å². The van der Waals surface area contributed by atoms with Crippen LogP contribution in [-0.2, 0) is 6.54 Å². The van der Waals surface area contributed by atoms with Crippen LogP contribution in [0.3, 0.4) is 0 Å². The maximum atomic E-state index is 13.5. The van der Waals surface area contributed by atoms with Gasteiger partial charge in [-0.05, 0) is 70.8 Å². The number of halogens is 1. The van der Waals surface area contributed by atoms with E-state index in [0.29, 0.717) is 31.0 Å². The number of nitrogens with one attached hydrogen (secondary N) is 1. The number of aromatic nitrogens is 5. The average Bonchev–Trinajstić information content (AvgIpc) is 3.42. The molecule has 204 valence electrons. The number of H-pyrrole nitrogens is 1. The second-order valence-electron chi connectivity index (χ2n) is 10.1. The fraction of sp³-hybridized carbons (Fsp3) is 0.267. The fourth-order valence-corrected chi connectivity index (χ4v) is 5.44. The molecule has 5 aromatic rings. The number of ether oxygens (including phenoxy) is 1. The summed E-state index contributed by atoms with van der Waals surface area (Å²) in [4.78, 5) is 21.2. The first-order valence-corrected chi connectivity index (χ1v) is 13.3. The van der Waals surface area contributed by atoms with Gasteiger partial charge >= 0.3 is 0 Å². The topological polar surface area (TPSA) is 92.2 Å². The predicted molar refractivity (Wildman–Crippen MR) is 151 cm³/mol. The minimum Gasteiger partial charge on any atom is -0.495 e. The molecular weight excluding hydrogens is 509 g/mol. The number of aryl methyl sites for hydroxylation is 1. The summed E-state index contributed by atoms with van der Waals surface area (Å²) < 4.78 is 20.8. The van der Waals surface area contributed by atoms with Crippen LogP contribution in [-0.4, -0.2) is 63.4 Å². The number of hydrogen-bond acceptors (Lipinski definition) is 7. The summed E-state index contributed by atoms with van der Waals surface area (Å²) in [6.45, 7) is 5.21. The van der Waals surface area contributed by atoms with E-state index in [1.165, 1.54) is 12.1 Å². The van der Waals surface area contributed by atoms with Gasteiger partial charge in [0.25, 0.3) is 5.56 Å². The Bertz CT molecular complexity index is 1690. The molecule has 1 saturated heterocycles. The highest BCUT2D eigenvalue weighted by molar-refractivity contribution is 5.79. The van der Waals surface area contributed by atoms with Crippen molar-refractivity contribution < 1.29 is 9.13 Å². The molecular formula is C30H30FN7O2. The molecule has 0 saturated carbocycles. The maximum Gasteiger partial charge on any atom is 0.253 e. The summed E-state index contributed by atoms with van der Waals surface area (Å²) in [5.74, 6) is 1.09. The van der Waals surface area contributed by atoms with Crippen molar-refractivity contribution in [3.05, 3.63) is 111 Å². The zero-order chi connectivity index (χ0) is 27.6. The lowest BCUT2D eigenvalue weighted by molar-refractivity contribution is 0.200. The molecule has 1 N–H and O–H groups in total. The van der Waals surface area contributed by atoms with Crippen LogP contribution in [0.2, 0.25) is 0 Å². The van der Waals surface area contributed by atoms with Crippen LogP contribution in [0.25, 0.3) is 10.9 Å². The van der Waals surface area contributed by atoms with Crippen molar-refractivity contribution in [2.24, 2.45) is 0 Å². The minimum absolute atomic E-state index is 0.176. The highest BCUT2D eigenvalue weighted by atomic mass is 19.1. The normalized spacial score (nSPS) is 14.9. The van der Waals surface area contributed by atoms with Crippen molar-refractivity contribution in [1.82, 2.24) is 30.1 Å². The van der Waals surface area contributed by atoms with Gasteiger partial charge in [-0.3, -0.25) is 9.69 Å². The average molecular weight is 540 g/mol. The first-order chi connectivity index (χ1) is 19.5. The predicted octanol–water partition coefficient (Wildman–Crippen LogP) is 3.93. The van der Waals surface area contributed by atoms with Crippen LogP contribution in [0.1, 0.15) is 28.6 Å². The molecule has 1 fully saturated rings. The molecule has 1 unspecified atom stereocenters. The quantitative estimate of drug-likeness (QED) is 0.335. The molecule has 0 amide bonds. The number of pyridine rings is 1. The molecule has 1 atom stereocenters. The van der Waals surface area contributed by atoms with E-state index in [1.807, 2.05) is 43.3 Å². The molecule has 0 bridgehead atoms. The molecule has 6 rings (SSSR count). The number of hydrogen-bond donors (Lipinski definition) is 1. The van der Waals surface area contributed by atoms with E-state index in [1.54, 1.807) is 23.9 Å². The highest BCUT2D eigenvalue weighted by Crippen LogP contribution is 2.32. The second kappa shape index (κ2) is 10.9. The van der Waals surface area contributed by atoms with E-state index >= 15 is 0 Å². The largest absolute Gasteiger partial charge is 0.495 e. The van der Waals surface area contributed by atoms with Crippen molar-refractivity contribution in [3.63, 3.8) is 0 Å². The number of nitrogens with zero attached hydrogens (tertiary/aromatic N) is 6. The standard InChI is InChI=1S/C30H30FN7O2/c1-20-7-12-25-22(17-20)18-24(30(39)32-25)28(29-33-34-35-38(29)19-21-8-10-23(31)11-9-21)37-15-13-36(14-16-37)26-5-3-4-6-27(26)40-2/h3-12,17-18,28H,13-16,19H2,1-2H3,(H,32,39). The van der Waals surface area contributed by atoms with Gasteiger partial charge in [-0.25, -0.2) is 9.07 Å². The Hall–Kier alpha value is -4.57. The molecule has 2 aromatic heterocycles. The Labute approximate surface area is 230 Å². The van der Waals surface area contributed by atoms with Gasteiger partial charge in [-0.2, -0.15) is 0 Å². The molecule has 3 heterocycles. The molecule has 10 heteroatoms. The van der Waals surface area contributed by atoms with Crippen LogP contribution in [0, 0.1) is 12.7 Å². The summed E-state index contributed by atoms with van der Waals surface area (Å²) in [6.07, 6.45) is 0. The van der Waals surface area contributed by atoms with E-state index in [-0.39, 0.29) is 11.4 Å². The molecule has 40 heavy (non-hydrogen) atoms. The smallest absolute Gasteiger partial charge is 0.253 e. The molecule has 1 aliphatic heterocycles. The Morgan fingerprint density at radius 3 is 2.55 bits per heavy atom. The van der Waals surface area contributed by atoms with E-state index in [9.17, 15) is 9.18 Å². The van der Waals surface area contributed by atoms with Crippen LogP contribution < -0.4 is 15.2 Å². The summed E-state index contributed by atoms with van der Waals surface area (Å²) in [6, 6.07) is 21.7. The fourth-order valence-electron chi connectivity index (χ4n) is 5.44. The first-order valence-electron chi connectivity index (χ1n) is 13.3. The van der Waals surface area contributed by atoms with Crippen LogP contribution in [0.15, 0.2) is 77.6 Å². The molecule has 0 spiro atoms. The third-order valence-electron chi connectivity index (χ3n) is 7.48. The van der Waals surface area contributed by atoms with E-state index < -0.39 is 6.04 Å². The van der Waals surface area contributed by atoms with Crippen LogP contribution in [0.5, 0.6) is 5.75 Å². The minimum atomic E-state index is -0.482. The van der Waals surface area contributed by atoms with Gasteiger partial charge < -0.3 is 14.6 Å². The summed E-state index contributed by atoms with van der Waals surface area (Å²) in [7, 11) is 1.68. The number of para-hydroxylation sites is 2. The molecule has 0 aliphatic carbocycles. The number of fused-ring (bicyclic) bond motifs is 1. The monoisotopic (exact) mass is 539 g/mol. The SMILES string of the molecule is COc1ccccc1N1CCN(C(c2cc3cc(C)ccc3[nH]c2=O)c2nnnn2Cc2ccc(F)cc2)CC1. The number of aromatic amines is 1. The first kappa shape index (κ1) is 25.7. The van der Waals surface area contributed by atoms with Crippen LogP contribution in [0.4, 0.5) is 10.1 Å². The molecule has 9 nitrogen and oxygen atoms in total. The zero-order valence-corrected chi connectivity index (χ0v) is 22.4. The van der Waals surface area contributed by atoms with Gasteiger partial charge in [0.1, 0.15) is 17.6 Å². The summed E-state index contributed by atoms with van der Waals surface area (Å²) in [5.41, 5.74) is 4.20. The van der Waals surface area contributed by atoms with Crippen LogP contribution >= 0.6 is 0 Å². The summed E-state index contributed by atoms with van der Waals surface area (Å²) in [5, 5.41) is 13.6. The Morgan fingerprint density at radius 1 is 1.00 bits per heavy atom. The zero-order valence-electron chi connectivity index (χ0n) is 22.4. The Balaban J connectivity index is 1.38. The Morgan fingerprint density at radius 2 is 1.77 bits per heavy atom. The van der Waals surface area contributed by atoms with Gasteiger partial charge in [0.05, 0.1) is 19.3 Å². The molecule has 3 aromatic carbocycles. The van der Waals surface area contributed by atoms with Gasteiger partial charge in [0.15, 0.2) is 5.82 Å². The van der Waals surface area contributed by atoms with Gasteiger partial charge in [0.2, 0.25) is 0 Å². The second-order valence-corrected chi connectivity index (χ2v) is 10.1. The molecule has 1 aliphatic rings. The number of anilines is 1. The lowest BCUT2D eigenvalue weighted by atomic mass is 10.0. The lowest BCUT2D eigenvalue weighted by Gasteiger charge is -2.40. The number of methoxy groups -OCH3 is 1. The van der Waals surface area contributed by atoms with E-state index in [0.717, 1.165) is 46.6 Å². The maximum absolute atomic E-state index is 13.5. The molecule has 0 radical (unpaired) electrons. The number of benzene rings is 3. The van der Waals surface area contributed by atoms with E-state index in [2.05, 4.69) is 42.4 Å². The number of rotatable bonds is 7. The van der Waals surface area contributed by atoms with Crippen molar-refractivity contribution in [1.29, 1.82) is 0 Å². The van der Waals surface area contributed by atoms with Crippen molar-refractivity contribution in [2.75, 3.05) is 38.2 Å². The highest BCUT2D eigenvalue weighted by Gasteiger charge is 2.33. The third-order valence-corrected chi connectivity index (χ3v) is 7.48. The van der Waals surface area contributed by atoms with Gasteiger partial charge in [-0.15, -0.1) is 5.10 Å². The number of tetrazole rings is 1. The van der Waals surface area contributed by atoms with Crippen molar-refractivity contribution in [3.8, 4) is 5.75 Å². The Kier molecular flexibility index (Phi) is 7.00. The number of piperazine rings is 1. The van der Waals surface area contributed by atoms with E-state index in [4.69, 9.17) is 4.74 Å². The third kappa shape index (κ3) is 5.05.